The number of aryl methyl sites for hydroxylation is 1. The lowest BCUT2D eigenvalue weighted by Gasteiger charge is -2.28. The fourth-order valence-electron chi connectivity index (χ4n) is 2.24. The van der Waals surface area contributed by atoms with Crippen LogP contribution < -0.4 is 9.62 Å². The molecule has 136 valence electrons. The third-order valence-electron chi connectivity index (χ3n) is 3.50. The maximum absolute atomic E-state index is 12.5. The summed E-state index contributed by atoms with van der Waals surface area (Å²) < 4.78 is 26.3. The minimum absolute atomic E-state index is 0.344. The predicted molar refractivity (Wildman–Crippen MR) is 103 cm³/mol. The van der Waals surface area contributed by atoms with Crippen LogP contribution in [0.5, 0.6) is 0 Å². The Labute approximate surface area is 155 Å². The first kappa shape index (κ1) is 19.7. The number of sulfonamides is 1. The summed E-state index contributed by atoms with van der Waals surface area (Å²) in [6.45, 7) is 3.56. The van der Waals surface area contributed by atoms with E-state index >= 15 is 0 Å². The van der Waals surface area contributed by atoms with Crippen LogP contribution in [0.3, 0.4) is 0 Å². The summed E-state index contributed by atoms with van der Waals surface area (Å²) in [5.74, 6) is -0.464. The molecule has 25 heavy (non-hydrogen) atoms. The van der Waals surface area contributed by atoms with Gasteiger partial charge in [0.05, 0.1) is 11.9 Å². The molecule has 0 spiro atoms. The van der Waals surface area contributed by atoms with Crippen molar-refractivity contribution in [2.45, 2.75) is 30.6 Å². The summed E-state index contributed by atoms with van der Waals surface area (Å²) in [5.41, 5.74) is 1.54. The van der Waals surface area contributed by atoms with Gasteiger partial charge in [0.2, 0.25) is 21.1 Å². The molecule has 0 fully saturated rings. The lowest BCUT2D eigenvalue weighted by Crippen LogP contribution is -2.45. The average molecular weight is 401 g/mol. The van der Waals surface area contributed by atoms with Crippen molar-refractivity contribution < 1.29 is 13.2 Å². The molecule has 0 bridgehead atoms. The van der Waals surface area contributed by atoms with Crippen LogP contribution in [0.15, 0.2) is 28.6 Å². The van der Waals surface area contributed by atoms with Gasteiger partial charge in [0, 0.05) is 0 Å². The smallest absolute Gasteiger partial charge is 0.249 e. The Morgan fingerprint density at radius 2 is 1.96 bits per heavy atom. The number of hydrogen-bond acceptors (Lipinski definition) is 7. The molecule has 1 aromatic heterocycles. The van der Waals surface area contributed by atoms with Crippen molar-refractivity contribution in [2.75, 3.05) is 22.1 Å². The van der Waals surface area contributed by atoms with Gasteiger partial charge in [-0.3, -0.25) is 14.4 Å². The van der Waals surface area contributed by atoms with Crippen molar-refractivity contribution in [3.8, 4) is 0 Å². The van der Waals surface area contributed by atoms with E-state index in [2.05, 4.69) is 15.5 Å². The first-order valence-corrected chi connectivity index (χ1v) is 11.4. The van der Waals surface area contributed by atoms with Crippen molar-refractivity contribution in [3.63, 3.8) is 0 Å². The molecule has 1 atom stereocenters. The maximum atomic E-state index is 12.5. The van der Waals surface area contributed by atoms with Crippen LogP contribution >= 0.6 is 23.1 Å². The van der Waals surface area contributed by atoms with Gasteiger partial charge in [-0.05, 0) is 37.3 Å². The molecular weight excluding hydrogens is 380 g/mol. The number of aromatic nitrogens is 2. The molecule has 0 aliphatic heterocycles. The lowest BCUT2D eigenvalue weighted by molar-refractivity contribution is -0.116. The third kappa shape index (κ3) is 4.93. The average Bonchev–Trinajstić information content (AvgIpc) is 3.02. The Hall–Kier alpha value is -1.65. The zero-order chi connectivity index (χ0) is 18.6. The van der Waals surface area contributed by atoms with Crippen molar-refractivity contribution in [1.29, 1.82) is 0 Å². The Balaban J connectivity index is 2.25. The Morgan fingerprint density at radius 3 is 2.44 bits per heavy atom. The minimum atomic E-state index is -3.64. The van der Waals surface area contributed by atoms with E-state index in [9.17, 15) is 13.2 Å². The quantitative estimate of drug-likeness (QED) is 0.567. The monoisotopic (exact) mass is 400 g/mol. The van der Waals surface area contributed by atoms with Crippen LogP contribution in [0.25, 0.3) is 0 Å². The van der Waals surface area contributed by atoms with Crippen LogP contribution in [0.2, 0.25) is 0 Å². The summed E-state index contributed by atoms with van der Waals surface area (Å²) >= 11 is 2.66. The number of nitrogens with one attached hydrogen (secondary N) is 1. The molecule has 1 amide bonds. The van der Waals surface area contributed by atoms with Crippen LogP contribution in [0, 0.1) is 0 Å². The van der Waals surface area contributed by atoms with E-state index < -0.39 is 22.0 Å². The van der Waals surface area contributed by atoms with Crippen molar-refractivity contribution in [1.82, 2.24) is 10.2 Å². The number of benzene rings is 1. The van der Waals surface area contributed by atoms with Gasteiger partial charge in [0.1, 0.15) is 6.04 Å². The van der Waals surface area contributed by atoms with E-state index in [-0.39, 0.29) is 0 Å². The molecule has 7 nitrogen and oxygen atoms in total. The van der Waals surface area contributed by atoms with Gasteiger partial charge < -0.3 is 0 Å². The molecule has 1 heterocycles. The normalized spacial score (nSPS) is 12.6. The highest BCUT2D eigenvalue weighted by Crippen LogP contribution is 2.25. The summed E-state index contributed by atoms with van der Waals surface area (Å²) in [6, 6.07) is 6.20. The standard InChI is InChI=1S/C15H20N4O3S3/c1-5-11-6-8-12(9-7-11)19(25(4,21)22)10(2)13(20)16-14-17-18-15(23-3)24-14/h6-10H,5H2,1-4H3,(H,16,17,20)/t10-/m1/s1. The van der Waals surface area contributed by atoms with Crippen molar-refractivity contribution in [3.05, 3.63) is 29.8 Å². The molecule has 2 rings (SSSR count). The van der Waals surface area contributed by atoms with Crippen molar-refractivity contribution >= 4 is 49.8 Å². The molecule has 0 aliphatic rings. The molecule has 0 saturated carbocycles. The number of anilines is 2. The van der Waals surface area contributed by atoms with Gasteiger partial charge in [-0.25, -0.2) is 8.42 Å². The van der Waals surface area contributed by atoms with Crippen LogP contribution in [-0.2, 0) is 21.2 Å². The molecule has 1 N–H and O–H groups in total. The highest BCUT2D eigenvalue weighted by molar-refractivity contribution is 8.00. The Kier molecular flexibility index (Phi) is 6.42. The molecule has 1 aromatic carbocycles. The van der Waals surface area contributed by atoms with E-state index in [4.69, 9.17) is 0 Å². The number of carbonyl (C=O) groups is 1. The zero-order valence-corrected chi connectivity index (χ0v) is 16.8. The van der Waals surface area contributed by atoms with E-state index in [1.807, 2.05) is 25.3 Å². The number of nitrogens with zero attached hydrogens (tertiary/aromatic N) is 3. The second-order valence-corrected chi connectivity index (χ2v) is 9.21. The highest BCUT2D eigenvalue weighted by atomic mass is 32.2. The fraction of sp³-hybridized carbons (Fsp3) is 0.400. The van der Waals surface area contributed by atoms with Crippen LogP contribution in [0.4, 0.5) is 10.8 Å². The van der Waals surface area contributed by atoms with E-state index in [1.54, 1.807) is 19.1 Å². The van der Waals surface area contributed by atoms with Gasteiger partial charge in [-0.1, -0.05) is 42.2 Å². The second-order valence-electron chi connectivity index (χ2n) is 5.32. The lowest BCUT2D eigenvalue weighted by atomic mass is 10.1. The molecular formula is C15H20N4O3S3. The summed E-state index contributed by atoms with van der Waals surface area (Å²) in [7, 11) is -3.64. The molecule has 0 aliphatic carbocycles. The molecule has 0 unspecified atom stereocenters. The summed E-state index contributed by atoms with van der Waals surface area (Å²) in [6.07, 6.45) is 3.80. The number of carbonyl (C=O) groups excluding carboxylic acids is 1. The molecule has 0 radical (unpaired) electrons. The number of amides is 1. The topological polar surface area (TPSA) is 92.3 Å². The van der Waals surface area contributed by atoms with Gasteiger partial charge in [-0.2, -0.15) is 0 Å². The Bertz CT molecular complexity index is 834. The van der Waals surface area contributed by atoms with E-state index in [0.717, 1.165) is 26.9 Å². The molecule has 2 aromatic rings. The largest absolute Gasteiger partial charge is 0.299 e. The van der Waals surface area contributed by atoms with E-state index in [1.165, 1.54) is 23.1 Å². The first-order chi connectivity index (χ1) is 11.8. The highest BCUT2D eigenvalue weighted by Gasteiger charge is 2.29. The van der Waals surface area contributed by atoms with Gasteiger partial charge in [-0.15, -0.1) is 10.2 Å². The van der Waals surface area contributed by atoms with E-state index in [0.29, 0.717) is 10.8 Å². The van der Waals surface area contributed by atoms with Crippen LogP contribution in [0.1, 0.15) is 19.4 Å². The van der Waals surface area contributed by atoms with Gasteiger partial charge in [0.15, 0.2) is 4.34 Å². The predicted octanol–water partition coefficient (Wildman–Crippen LogP) is 2.62. The zero-order valence-electron chi connectivity index (χ0n) is 14.4. The first-order valence-electron chi connectivity index (χ1n) is 7.53. The molecule has 10 heteroatoms. The number of hydrogen-bond donors (Lipinski definition) is 1. The minimum Gasteiger partial charge on any atom is -0.299 e. The second kappa shape index (κ2) is 8.15. The fourth-order valence-corrected chi connectivity index (χ4v) is 4.59. The summed E-state index contributed by atoms with van der Waals surface area (Å²) in [5, 5.41) is 10.7. The van der Waals surface area contributed by atoms with Gasteiger partial charge >= 0.3 is 0 Å². The SMILES string of the molecule is CCc1ccc(N([C@H](C)C(=O)Nc2nnc(SC)s2)S(C)(=O)=O)cc1. The molecule has 0 saturated heterocycles. The maximum Gasteiger partial charge on any atom is 0.249 e. The number of thioether (sulfide) groups is 1. The van der Waals surface area contributed by atoms with Crippen molar-refractivity contribution in [2.24, 2.45) is 0 Å². The Morgan fingerprint density at radius 1 is 1.32 bits per heavy atom. The van der Waals surface area contributed by atoms with Crippen LogP contribution in [-0.4, -0.2) is 43.1 Å². The van der Waals surface area contributed by atoms with Gasteiger partial charge in [0.25, 0.3) is 0 Å². The third-order valence-corrected chi connectivity index (χ3v) is 6.55. The number of rotatable bonds is 7. The summed E-state index contributed by atoms with van der Waals surface area (Å²) in [4.78, 5) is 12.5.